The molecule has 0 bridgehead atoms. The van der Waals surface area contributed by atoms with E-state index in [1.165, 1.54) is 7.11 Å². The molecule has 0 aliphatic carbocycles. The number of carbonyl (C=O) groups excluding carboxylic acids is 3. The molecule has 9 heteroatoms. The number of rotatable bonds is 8. The number of amides is 2. The summed E-state index contributed by atoms with van der Waals surface area (Å²) in [6, 6.07) is 18.2. The fourth-order valence-corrected chi connectivity index (χ4v) is 3.07. The second-order valence-corrected chi connectivity index (χ2v) is 6.57. The number of nitrogens with zero attached hydrogens (tertiary/aromatic N) is 2. The van der Waals surface area contributed by atoms with Crippen LogP contribution in [0, 0.1) is 34.5 Å². The highest BCUT2D eigenvalue weighted by Crippen LogP contribution is 2.34. The number of hydrazine groups is 1. The van der Waals surface area contributed by atoms with Crippen molar-refractivity contribution in [1.82, 2.24) is 10.9 Å². The SMILES string of the molecule is CCOC(=O)C(C#N)C(c1ccc(OC)cc1)C(C#N)C(=O)NNC(=O)c1ccccc1. The molecule has 3 atom stereocenters. The first-order valence-electron chi connectivity index (χ1n) is 9.71. The molecule has 32 heavy (non-hydrogen) atoms. The van der Waals surface area contributed by atoms with E-state index in [4.69, 9.17) is 9.47 Å². The van der Waals surface area contributed by atoms with Gasteiger partial charge >= 0.3 is 5.97 Å². The Labute approximate surface area is 185 Å². The average Bonchev–Trinajstić information content (AvgIpc) is 2.83. The summed E-state index contributed by atoms with van der Waals surface area (Å²) in [5, 5.41) is 19.4. The maximum atomic E-state index is 12.8. The van der Waals surface area contributed by atoms with Gasteiger partial charge in [-0.15, -0.1) is 0 Å². The summed E-state index contributed by atoms with van der Waals surface area (Å²) < 4.78 is 10.1. The van der Waals surface area contributed by atoms with Gasteiger partial charge in [0.1, 0.15) is 11.7 Å². The molecule has 164 valence electrons. The number of ether oxygens (including phenoxy) is 2. The van der Waals surface area contributed by atoms with Gasteiger partial charge in [-0.1, -0.05) is 30.3 Å². The Balaban J connectivity index is 2.32. The largest absolute Gasteiger partial charge is 0.497 e. The average molecular weight is 434 g/mol. The van der Waals surface area contributed by atoms with Gasteiger partial charge in [0, 0.05) is 11.5 Å². The summed E-state index contributed by atoms with van der Waals surface area (Å²) in [4.78, 5) is 37.4. The first kappa shape index (κ1) is 23.9. The third-order valence-electron chi connectivity index (χ3n) is 4.66. The summed E-state index contributed by atoms with van der Waals surface area (Å²) >= 11 is 0. The van der Waals surface area contributed by atoms with Crippen molar-refractivity contribution < 1.29 is 23.9 Å². The highest BCUT2D eigenvalue weighted by atomic mass is 16.5. The zero-order valence-electron chi connectivity index (χ0n) is 17.6. The molecule has 3 unspecified atom stereocenters. The van der Waals surface area contributed by atoms with E-state index >= 15 is 0 Å². The van der Waals surface area contributed by atoms with E-state index in [1.807, 2.05) is 12.1 Å². The predicted octanol–water partition coefficient (Wildman–Crippen LogP) is 2.08. The molecule has 0 saturated heterocycles. The molecule has 0 spiro atoms. The van der Waals surface area contributed by atoms with Gasteiger partial charge in [0.25, 0.3) is 11.8 Å². The molecule has 9 nitrogen and oxygen atoms in total. The smallest absolute Gasteiger partial charge is 0.324 e. The van der Waals surface area contributed by atoms with Crippen molar-refractivity contribution in [2.45, 2.75) is 12.8 Å². The molecule has 2 aromatic carbocycles. The monoisotopic (exact) mass is 434 g/mol. The van der Waals surface area contributed by atoms with Gasteiger partial charge < -0.3 is 9.47 Å². The van der Waals surface area contributed by atoms with Gasteiger partial charge in [-0.3, -0.25) is 25.2 Å². The first-order valence-corrected chi connectivity index (χ1v) is 9.71. The standard InChI is InChI=1S/C23H22N4O5/c1-3-32-23(30)19(14-25)20(15-9-11-17(31-2)12-10-15)18(13-24)22(29)27-26-21(28)16-7-5-4-6-8-16/h4-12,18-20H,3H2,1-2H3,(H,26,28)(H,27,29). The molecule has 0 radical (unpaired) electrons. The van der Waals surface area contributed by atoms with E-state index in [2.05, 4.69) is 10.9 Å². The molecule has 2 rings (SSSR count). The molecule has 0 heterocycles. The van der Waals surface area contributed by atoms with E-state index < -0.39 is 35.5 Å². The highest BCUT2D eigenvalue weighted by molar-refractivity contribution is 5.96. The van der Waals surface area contributed by atoms with Gasteiger partial charge in [-0.25, -0.2) is 0 Å². The van der Waals surface area contributed by atoms with Crippen LogP contribution in [0.4, 0.5) is 0 Å². The van der Waals surface area contributed by atoms with E-state index in [1.54, 1.807) is 61.5 Å². The van der Waals surface area contributed by atoms with Gasteiger partial charge in [-0.05, 0) is 36.8 Å². The summed E-state index contributed by atoms with van der Waals surface area (Å²) in [6.07, 6.45) is 0. The second-order valence-electron chi connectivity index (χ2n) is 6.57. The van der Waals surface area contributed by atoms with Crippen molar-refractivity contribution in [3.8, 4) is 17.9 Å². The molecule has 0 aromatic heterocycles. The Bertz CT molecular complexity index is 1030. The van der Waals surface area contributed by atoms with Gasteiger partial charge in [-0.2, -0.15) is 10.5 Å². The minimum Gasteiger partial charge on any atom is -0.497 e. The van der Waals surface area contributed by atoms with E-state index in [0.717, 1.165) is 0 Å². The predicted molar refractivity (Wildman–Crippen MR) is 113 cm³/mol. The van der Waals surface area contributed by atoms with Crippen LogP contribution in [-0.2, 0) is 14.3 Å². The topological polar surface area (TPSA) is 141 Å². The maximum absolute atomic E-state index is 12.8. The Hall–Kier alpha value is -4.37. The van der Waals surface area contributed by atoms with Crippen LogP contribution in [0.5, 0.6) is 5.75 Å². The number of hydrogen-bond donors (Lipinski definition) is 2. The van der Waals surface area contributed by atoms with Crippen molar-refractivity contribution >= 4 is 17.8 Å². The summed E-state index contributed by atoms with van der Waals surface area (Å²) in [6.45, 7) is 1.62. The molecule has 0 fully saturated rings. The summed E-state index contributed by atoms with van der Waals surface area (Å²) in [7, 11) is 1.48. The number of esters is 1. The minimum absolute atomic E-state index is 0.0307. The van der Waals surface area contributed by atoms with Crippen molar-refractivity contribution in [2.75, 3.05) is 13.7 Å². The number of methoxy groups -OCH3 is 1. The normalized spacial score (nSPS) is 12.8. The minimum atomic E-state index is -1.48. The van der Waals surface area contributed by atoms with Gasteiger partial charge in [0.15, 0.2) is 5.92 Å². The zero-order chi connectivity index (χ0) is 23.5. The lowest BCUT2D eigenvalue weighted by Gasteiger charge is -2.25. The Kier molecular flexibility index (Phi) is 8.76. The lowest BCUT2D eigenvalue weighted by Crippen LogP contribution is -2.46. The van der Waals surface area contributed by atoms with E-state index in [-0.39, 0.29) is 6.61 Å². The second kappa shape index (κ2) is 11.7. The lowest BCUT2D eigenvalue weighted by atomic mass is 9.77. The third-order valence-corrected chi connectivity index (χ3v) is 4.66. The van der Waals surface area contributed by atoms with Crippen molar-refractivity contribution in [3.05, 3.63) is 65.7 Å². The molecular formula is C23H22N4O5. The number of carbonyl (C=O) groups is 3. The van der Waals surface area contributed by atoms with Crippen molar-refractivity contribution in [1.29, 1.82) is 10.5 Å². The highest BCUT2D eigenvalue weighted by Gasteiger charge is 2.41. The Morgan fingerprint density at radius 2 is 1.56 bits per heavy atom. The lowest BCUT2D eigenvalue weighted by molar-refractivity contribution is -0.147. The molecule has 0 saturated carbocycles. The van der Waals surface area contributed by atoms with Crippen LogP contribution < -0.4 is 15.6 Å². The van der Waals surface area contributed by atoms with Crippen LogP contribution in [0.15, 0.2) is 54.6 Å². The Morgan fingerprint density at radius 1 is 0.938 bits per heavy atom. The molecule has 2 amide bonds. The van der Waals surface area contributed by atoms with Crippen LogP contribution in [0.3, 0.4) is 0 Å². The fourth-order valence-electron chi connectivity index (χ4n) is 3.07. The molecular weight excluding hydrogens is 412 g/mol. The molecule has 0 aliphatic heterocycles. The summed E-state index contributed by atoms with van der Waals surface area (Å²) in [5.41, 5.74) is 5.14. The number of nitriles is 2. The van der Waals surface area contributed by atoms with E-state index in [9.17, 15) is 24.9 Å². The number of hydrogen-bond acceptors (Lipinski definition) is 7. The fraction of sp³-hybridized carbons (Fsp3) is 0.261. The molecule has 2 N–H and O–H groups in total. The van der Waals surface area contributed by atoms with Crippen LogP contribution in [-0.4, -0.2) is 31.5 Å². The molecule has 0 aliphatic rings. The van der Waals surface area contributed by atoms with Crippen molar-refractivity contribution in [3.63, 3.8) is 0 Å². The van der Waals surface area contributed by atoms with Crippen LogP contribution >= 0.6 is 0 Å². The number of nitrogens with one attached hydrogen (secondary N) is 2. The quantitative estimate of drug-likeness (QED) is 0.478. The summed E-state index contributed by atoms with van der Waals surface area (Å²) in [5.74, 6) is -5.84. The molecule has 2 aromatic rings. The maximum Gasteiger partial charge on any atom is 0.324 e. The number of benzene rings is 2. The zero-order valence-corrected chi connectivity index (χ0v) is 17.6. The third kappa shape index (κ3) is 5.83. The Morgan fingerprint density at radius 3 is 2.09 bits per heavy atom. The van der Waals surface area contributed by atoms with Crippen LogP contribution in [0.25, 0.3) is 0 Å². The van der Waals surface area contributed by atoms with Gasteiger partial charge in [0.2, 0.25) is 0 Å². The van der Waals surface area contributed by atoms with Gasteiger partial charge in [0.05, 0.1) is 25.9 Å². The van der Waals surface area contributed by atoms with Crippen LogP contribution in [0.2, 0.25) is 0 Å². The van der Waals surface area contributed by atoms with Crippen LogP contribution in [0.1, 0.15) is 28.8 Å². The van der Waals surface area contributed by atoms with Crippen molar-refractivity contribution in [2.24, 2.45) is 11.8 Å². The first-order chi connectivity index (χ1) is 15.5. The van der Waals surface area contributed by atoms with E-state index in [0.29, 0.717) is 16.9 Å².